The molecular formula is C13H18ClNO3S. The third kappa shape index (κ3) is 4.84. The van der Waals surface area contributed by atoms with E-state index in [0.717, 1.165) is 0 Å². The minimum atomic E-state index is -3.81. The molecule has 1 aromatic rings. The highest BCUT2D eigenvalue weighted by molar-refractivity contribution is 8.13. The Labute approximate surface area is 118 Å². The Morgan fingerprint density at radius 3 is 2.47 bits per heavy atom. The molecule has 0 saturated heterocycles. The van der Waals surface area contributed by atoms with Crippen LogP contribution in [0.15, 0.2) is 29.2 Å². The van der Waals surface area contributed by atoms with Crippen LogP contribution in [0.4, 0.5) is 0 Å². The highest BCUT2D eigenvalue weighted by atomic mass is 35.7. The summed E-state index contributed by atoms with van der Waals surface area (Å²) in [7, 11) is 1.43. The summed E-state index contributed by atoms with van der Waals surface area (Å²) < 4.78 is 22.4. The van der Waals surface area contributed by atoms with E-state index in [4.69, 9.17) is 10.7 Å². The molecule has 0 fully saturated rings. The van der Waals surface area contributed by atoms with Gasteiger partial charge in [0, 0.05) is 22.8 Å². The topological polar surface area (TPSA) is 63.2 Å². The summed E-state index contributed by atoms with van der Waals surface area (Å²) in [5.41, 5.74) is 0.290. The van der Waals surface area contributed by atoms with Crippen molar-refractivity contribution in [1.29, 1.82) is 0 Å². The molecule has 1 N–H and O–H groups in total. The molecule has 106 valence electrons. The Morgan fingerprint density at radius 1 is 1.32 bits per heavy atom. The number of carbonyl (C=O) groups is 1. The standard InChI is InChI=1S/C13H18ClNO3S/c1-9(2)10(3)8-15-13(16)11-5-4-6-12(7-11)19(14,17)18/h4-7,9-10H,8H2,1-3H3,(H,15,16). The van der Waals surface area contributed by atoms with Crippen LogP contribution in [0, 0.1) is 11.8 Å². The molecule has 0 saturated carbocycles. The number of benzene rings is 1. The van der Waals surface area contributed by atoms with E-state index in [2.05, 4.69) is 19.2 Å². The lowest BCUT2D eigenvalue weighted by molar-refractivity contribution is 0.0944. The third-order valence-electron chi connectivity index (χ3n) is 3.10. The van der Waals surface area contributed by atoms with Crippen molar-refractivity contribution >= 4 is 25.6 Å². The maximum absolute atomic E-state index is 11.9. The van der Waals surface area contributed by atoms with Crippen LogP contribution in [0.5, 0.6) is 0 Å². The molecule has 19 heavy (non-hydrogen) atoms. The van der Waals surface area contributed by atoms with Crippen molar-refractivity contribution in [1.82, 2.24) is 5.32 Å². The van der Waals surface area contributed by atoms with Gasteiger partial charge in [0.2, 0.25) is 0 Å². The van der Waals surface area contributed by atoms with Crippen LogP contribution in [0.2, 0.25) is 0 Å². The lowest BCUT2D eigenvalue weighted by Crippen LogP contribution is -2.30. The van der Waals surface area contributed by atoms with Crippen molar-refractivity contribution in [3.8, 4) is 0 Å². The number of carbonyl (C=O) groups excluding carboxylic acids is 1. The average Bonchev–Trinajstić information content (AvgIpc) is 2.34. The molecule has 6 heteroatoms. The van der Waals surface area contributed by atoms with Crippen molar-refractivity contribution in [2.24, 2.45) is 11.8 Å². The summed E-state index contributed by atoms with van der Waals surface area (Å²) in [5.74, 6) is 0.522. The van der Waals surface area contributed by atoms with Crippen LogP contribution in [0.3, 0.4) is 0 Å². The minimum absolute atomic E-state index is 0.0706. The van der Waals surface area contributed by atoms with Gasteiger partial charge >= 0.3 is 0 Å². The second-order valence-corrected chi connectivity index (χ2v) is 7.46. The number of halogens is 1. The SMILES string of the molecule is CC(C)C(C)CNC(=O)c1cccc(S(=O)(=O)Cl)c1. The Morgan fingerprint density at radius 2 is 1.95 bits per heavy atom. The quantitative estimate of drug-likeness (QED) is 0.851. The Kier molecular flexibility index (Phi) is 5.38. The fourth-order valence-corrected chi connectivity index (χ4v) is 2.18. The van der Waals surface area contributed by atoms with Gasteiger partial charge < -0.3 is 5.32 Å². The molecule has 4 nitrogen and oxygen atoms in total. The average molecular weight is 304 g/mol. The largest absolute Gasteiger partial charge is 0.352 e. The van der Waals surface area contributed by atoms with Crippen molar-refractivity contribution in [3.05, 3.63) is 29.8 Å². The van der Waals surface area contributed by atoms with E-state index in [-0.39, 0.29) is 16.4 Å². The molecule has 1 aromatic carbocycles. The van der Waals surface area contributed by atoms with Gasteiger partial charge in [-0.3, -0.25) is 4.79 Å². The molecule has 1 amide bonds. The summed E-state index contributed by atoms with van der Waals surface area (Å²) in [5, 5.41) is 2.78. The summed E-state index contributed by atoms with van der Waals surface area (Å²) >= 11 is 0. The summed E-state index contributed by atoms with van der Waals surface area (Å²) in [4.78, 5) is 11.8. The van der Waals surface area contributed by atoms with E-state index in [0.29, 0.717) is 18.4 Å². The highest BCUT2D eigenvalue weighted by Gasteiger charge is 2.14. The number of hydrogen-bond donors (Lipinski definition) is 1. The van der Waals surface area contributed by atoms with E-state index in [1.165, 1.54) is 18.2 Å². The molecule has 0 radical (unpaired) electrons. The Bertz CT molecular complexity index is 555. The van der Waals surface area contributed by atoms with E-state index < -0.39 is 9.05 Å². The normalized spacial score (nSPS) is 13.3. The fourth-order valence-electron chi connectivity index (χ4n) is 1.38. The molecule has 1 unspecified atom stereocenters. The van der Waals surface area contributed by atoms with E-state index in [1.807, 2.05) is 6.92 Å². The van der Waals surface area contributed by atoms with Crippen molar-refractivity contribution in [2.45, 2.75) is 25.7 Å². The molecule has 1 atom stereocenters. The van der Waals surface area contributed by atoms with Crippen molar-refractivity contribution in [3.63, 3.8) is 0 Å². The molecule has 1 rings (SSSR count). The zero-order valence-electron chi connectivity index (χ0n) is 11.2. The van der Waals surface area contributed by atoms with Gasteiger partial charge in [-0.15, -0.1) is 0 Å². The first kappa shape index (κ1) is 16.0. The lowest BCUT2D eigenvalue weighted by atomic mass is 9.98. The zero-order valence-corrected chi connectivity index (χ0v) is 12.8. The molecule has 0 spiro atoms. The van der Waals surface area contributed by atoms with Gasteiger partial charge in [0.1, 0.15) is 0 Å². The van der Waals surface area contributed by atoms with Gasteiger partial charge in [-0.2, -0.15) is 0 Å². The van der Waals surface area contributed by atoms with Gasteiger partial charge in [0.15, 0.2) is 0 Å². The van der Waals surface area contributed by atoms with Crippen LogP contribution >= 0.6 is 10.7 Å². The molecule has 0 aliphatic rings. The Balaban J connectivity index is 2.78. The first-order valence-corrected chi connectivity index (χ1v) is 8.35. The van der Waals surface area contributed by atoms with Crippen LogP contribution < -0.4 is 5.32 Å². The van der Waals surface area contributed by atoms with Gasteiger partial charge in [-0.1, -0.05) is 26.8 Å². The second-order valence-electron chi connectivity index (χ2n) is 4.90. The maximum Gasteiger partial charge on any atom is 0.261 e. The van der Waals surface area contributed by atoms with E-state index >= 15 is 0 Å². The third-order valence-corrected chi connectivity index (χ3v) is 4.45. The number of rotatable bonds is 5. The number of nitrogens with one attached hydrogen (secondary N) is 1. The van der Waals surface area contributed by atoms with Crippen LogP contribution in [0.25, 0.3) is 0 Å². The van der Waals surface area contributed by atoms with Gasteiger partial charge in [0.05, 0.1) is 4.90 Å². The number of hydrogen-bond acceptors (Lipinski definition) is 3. The lowest BCUT2D eigenvalue weighted by Gasteiger charge is -2.16. The van der Waals surface area contributed by atoms with Gasteiger partial charge in [-0.25, -0.2) is 8.42 Å². The van der Waals surface area contributed by atoms with E-state index in [9.17, 15) is 13.2 Å². The molecule has 0 aliphatic heterocycles. The van der Waals surface area contributed by atoms with Crippen molar-refractivity contribution < 1.29 is 13.2 Å². The summed E-state index contributed by atoms with van der Waals surface area (Å²) in [6.45, 7) is 6.76. The van der Waals surface area contributed by atoms with Crippen LogP contribution in [0.1, 0.15) is 31.1 Å². The monoisotopic (exact) mass is 303 g/mol. The predicted molar refractivity (Wildman–Crippen MR) is 75.8 cm³/mol. The molecular weight excluding hydrogens is 286 g/mol. The molecule has 0 aliphatic carbocycles. The summed E-state index contributed by atoms with van der Waals surface area (Å²) in [6.07, 6.45) is 0. The zero-order chi connectivity index (χ0) is 14.6. The van der Waals surface area contributed by atoms with E-state index in [1.54, 1.807) is 6.07 Å². The summed E-state index contributed by atoms with van der Waals surface area (Å²) in [6, 6.07) is 5.69. The number of amides is 1. The maximum atomic E-state index is 11.9. The first-order chi connectivity index (χ1) is 8.71. The van der Waals surface area contributed by atoms with Crippen LogP contribution in [-0.4, -0.2) is 20.9 Å². The first-order valence-electron chi connectivity index (χ1n) is 6.04. The van der Waals surface area contributed by atoms with Crippen LogP contribution in [-0.2, 0) is 9.05 Å². The van der Waals surface area contributed by atoms with Gasteiger partial charge in [-0.05, 0) is 30.0 Å². The smallest absolute Gasteiger partial charge is 0.261 e. The molecule has 0 bridgehead atoms. The predicted octanol–water partition coefficient (Wildman–Crippen LogP) is 2.64. The van der Waals surface area contributed by atoms with Crippen molar-refractivity contribution in [2.75, 3.05) is 6.54 Å². The minimum Gasteiger partial charge on any atom is -0.352 e. The highest BCUT2D eigenvalue weighted by Crippen LogP contribution is 2.16. The molecule has 0 heterocycles. The van der Waals surface area contributed by atoms with Gasteiger partial charge in [0.25, 0.3) is 15.0 Å². The molecule has 0 aromatic heterocycles. The second kappa shape index (κ2) is 6.39. The Hall–Kier alpha value is -1.07. The fraction of sp³-hybridized carbons (Fsp3) is 0.462.